The molecule has 0 spiro atoms. The van der Waals surface area contributed by atoms with Crippen molar-refractivity contribution in [1.29, 1.82) is 0 Å². The SMILES string of the molecule is CCCN(CCC)C(=O)c1cc(OC)nc(C(=O)N[C@@H](Cc2ccccc2)[C@H](O)CNCc2cccc(C(F)(F)F)c2)c1. The van der Waals surface area contributed by atoms with Gasteiger partial charge in [-0.1, -0.05) is 62.4 Å². The van der Waals surface area contributed by atoms with E-state index < -0.39 is 29.8 Å². The largest absolute Gasteiger partial charge is 0.481 e. The third-order valence-electron chi connectivity index (χ3n) is 6.78. The second kappa shape index (κ2) is 16.0. The molecule has 11 heteroatoms. The van der Waals surface area contributed by atoms with Crippen LogP contribution in [0.25, 0.3) is 0 Å². The minimum absolute atomic E-state index is 0.00764. The highest BCUT2D eigenvalue weighted by Crippen LogP contribution is 2.29. The van der Waals surface area contributed by atoms with Gasteiger partial charge in [0.15, 0.2) is 0 Å². The van der Waals surface area contributed by atoms with Gasteiger partial charge in [0, 0.05) is 37.8 Å². The Morgan fingerprint density at radius 2 is 1.65 bits per heavy atom. The van der Waals surface area contributed by atoms with Crippen LogP contribution < -0.4 is 15.4 Å². The van der Waals surface area contributed by atoms with Crippen molar-refractivity contribution in [3.63, 3.8) is 0 Å². The Kier molecular flexibility index (Phi) is 12.5. The number of hydrogen-bond acceptors (Lipinski definition) is 6. The molecule has 232 valence electrons. The van der Waals surface area contributed by atoms with Crippen molar-refractivity contribution >= 4 is 11.8 Å². The molecule has 8 nitrogen and oxygen atoms in total. The third-order valence-corrected chi connectivity index (χ3v) is 6.78. The Morgan fingerprint density at radius 1 is 0.977 bits per heavy atom. The van der Waals surface area contributed by atoms with Crippen molar-refractivity contribution in [3.8, 4) is 5.88 Å². The van der Waals surface area contributed by atoms with Crippen LogP contribution >= 0.6 is 0 Å². The highest BCUT2D eigenvalue weighted by molar-refractivity contribution is 5.99. The van der Waals surface area contributed by atoms with Crippen molar-refractivity contribution in [2.24, 2.45) is 0 Å². The zero-order valence-electron chi connectivity index (χ0n) is 24.7. The predicted octanol–water partition coefficient (Wildman–Crippen LogP) is 4.86. The van der Waals surface area contributed by atoms with Crippen molar-refractivity contribution < 1.29 is 32.6 Å². The minimum Gasteiger partial charge on any atom is -0.481 e. The van der Waals surface area contributed by atoms with Gasteiger partial charge in [-0.25, -0.2) is 4.98 Å². The van der Waals surface area contributed by atoms with Gasteiger partial charge in [0.05, 0.1) is 24.8 Å². The van der Waals surface area contributed by atoms with Crippen LogP contribution in [-0.2, 0) is 19.1 Å². The number of pyridine rings is 1. The van der Waals surface area contributed by atoms with Gasteiger partial charge in [-0.2, -0.15) is 13.2 Å². The summed E-state index contributed by atoms with van der Waals surface area (Å²) in [4.78, 5) is 32.7. The van der Waals surface area contributed by atoms with Crippen LogP contribution in [0, 0.1) is 0 Å². The van der Waals surface area contributed by atoms with Gasteiger partial charge >= 0.3 is 6.18 Å². The summed E-state index contributed by atoms with van der Waals surface area (Å²) in [6.45, 7) is 5.17. The van der Waals surface area contributed by atoms with E-state index in [1.54, 1.807) is 11.0 Å². The lowest BCUT2D eigenvalue weighted by Gasteiger charge is -2.25. The molecular formula is C32H39F3N4O4. The standard InChI is InChI=1S/C32H39F3N4O4/c1-4-14-39(15-5-2)31(42)24-18-27(37-29(19-24)43-3)30(41)38-26(17-22-10-7-6-8-11-22)28(40)21-36-20-23-12-9-13-25(16-23)32(33,34)35/h6-13,16,18-19,26,28,36,40H,4-5,14-15,17,20-21H2,1-3H3,(H,38,41)/t26-,28+/m0/s1. The average Bonchev–Trinajstić information content (AvgIpc) is 3.00. The molecular weight excluding hydrogens is 561 g/mol. The number of nitrogens with zero attached hydrogens (tertiary/aromatic N) is 2. The number of benzene rings is 2. The Hall–Kier alpha value is -3.96. The van der Waals surface area contributed by atoms with Crippen LogP contribution in [0.3, 0.4) is 0 Å². The fraction of sp³-hybridized carbons (Fsp3) is 0.406. The molecule has 0 aliphatic carbocycles. The lowest BCUT2D eigenvalue weighted by atomic mass is 10.0. The van der Waals surface area contributed by atoms with E-state index in [2.05, 4.69) is 15.6 Å². The van der Waals surface area contributed by atoms with Crippen molar-refractivity contribution in [2.45, 2.75) is 58.0 Å². The van der Waals surface area contributed by atoms with Gasteiger partial charge < -0.3 is 25.4 Å². The monoisotopic (exact) mass is 600 g/mol. The molecule has 0 unspecified atom stereocenters. The smallest absolute Gasteiger partial charge is 0.416 e. The van der Waals surface area contributed by atoms with E-state index in [1.165, 1.54) is 25.3 Å². The number of ether oxygens (including phenoxy) is 1. The van der Waals surface area contributed by atoms with E-state index in [1.807, 2.05) is 44.2 Å². The molecule has 3 rings (SSSR count). The molecule has 2 atom stereocenters. The first kappa shape index (κ1) is 33.5. The molecule has 1 heterocycles. The molecule has 43 heavy (non-hydrogen) atoms. The first-order chi connectivity index (χ1) is 20.5. The molecule has 0 aliphatic heterocycles. The van der Waals surface area contributed by atoms with Crippen LogP contribution in [0.2, 0.25) is 0 Å². The number of alkyl halides is 3. The topological polar surface area (TPSA) is 104 Å². The zero-order chi connectivity index (χ0) is 31.4. The molecule has 2 aromatic carbocycles. The molecule has 0 aliphatic rings. The molecule has 1 aromatic heterocycles. The van der Waals surface area contributed by atoms with Gasteiger partial charge in [0.2, 0.25) is 5.88 Å². The molecule has 0 bridgehead atoms. The molecule has 3 aromatic rings. The van der Waals surface area contributed by atoms with Crippen LogP contribution in [-0.4, -0.2) is 65.7 Å². The number of aromatic nitrogens is 1. The highest BCUT2D eigenvalue weighted by atomic mass is 19.4. The van der Waals surface area contributed by atoms with Gasteiger partial charge in [0.1, 0.15) is 5.69 Å². The molecule has 3 N–H and O–H groups in total. The Balaban J connectivity index is 1.78. The number of carbonyl (C=O) groups is 2. The third kappa shape index (κ3) is 10.1. The zero-order valence-corrected chi connectivity index (χ0v) is 24.7. The van der Waals surface area contributed by atoms with Crippen LogP contribution in [0.5, 0.6) is 5.88 Å². The maximum Gasteiger partial charge on any atom is 0.416 e. The maximum absolute atomic E-state index is 13.4. The van der Waals surface area contributed by atoms with E-state index in [9.17, 15) is 27.9 Å². The van der Waals surface area contributed by atoms with Crippen molar-refractivity contribution in [2.75, 3.05) is 26.7 Å². The summed E-state index contributed by atoms with van der Waals surface area (Å²) in [6.07, 6.45) is -3.73. The number of nitrogens with one attached hydrogen (secondary N) is 2. The van der Waals surface area contributed by atoms with Crippen LogP contribution in [0.15, 0.2) is 66.7 Å². The molecule has 0 saturated heterocycles. The lowest BCUT2D eigenvalue weighted by Crippen LogP contribution is -2.48. The summed E-state index contributed by atoms with van der Waals surface area (Å²) >= 11 is 0. The second-order valence-corrected chi connectivity index (χ2v) is 10.2. The molecule has 0 fully saturated rings. The number of methoxy groups -OCH3 is 1. The molecule has 0 radical (unpaired) electrons. The second-order valence-electron chi connectivity index (χ2n) is 10.2. The summed E-state index contributed by atoms with van der Waals surface area (Å²) in [6, 6.07) is 16.3. The maximum atomic E-state index is 13.4. The minimum atomic E-state index is -4.45. The summed E-state index contributed by atoms with van der Waals surface area (Å²) in [5, 5.41) is 16.9. The summed E-state index contributed by atoms with van der Waals surface area (Å²) in [7, 11) is 1.40. The van der Waals surface area contributed by atoms with E-state index in [0.29, 0.717) is 18.7 Å². The number of rotatable bonds is 15. The highest BCUT2D eigenvalue weighted by Gasteiger charge is 2.30. The van der Waals surface area contributed by atoms with Crippen LogP contribution in [0.4, 0.5) is 13.2 Å². The average molecular weight is 601 g/mol. The number of amides is 2. The number of aliphatic hydroxyl groups excluding tert-OH is 1. The number of halogens is 3. The quantitative estimate of drug-likeness (QED) is 0.230. The van der Waals surface area contributed by atoms with E-state index in [4.69, 9.17) is 4.74 Å². The normalized spacial score (nSPS) is 12.8. The first-order valence-electron chi connectivity index (χ1n) is 14.3. The van der Waals surface area contributed by atoms with Crippen molar-refractivity contribution in [1.82, 2.24) is 20.5 Å². The molecule has 0 saturated carbocycles. The predicted molar refractivity (Wildman–Crippen MR) is 158 cm³/mol. The molecule has 2 amide bonds. The van der Waals surface area contributed by atoms with E-state index in [0.717, 1.165) is 30.5 Å². The summed E-state index contributed by atoms with van der Waals surface area (Å²) in [5.74, 6) is -0.742. The fourth-order valence-electron chi connectivity index (χ4n) is 4.64. The Bertz CT molecular complexity index is 1330. The van der Waals surface area contributed by atoms with Gasteiger partial charge in [-0.3, -0.25) is 9.59 Å². The first-order valence-corrected chi connectivity index (χ1v) is 14.3. The van der Waals surface area contributed by atoms with Crippen molar-refractivity contribution in [3.05, 3.63) is 94.7 Å². The number of carbonyl (C=O) groups excluding carboxylic acids is 2. The van der Waals surface area contributed by atoms with Crippen LogP contribution in [0.1, 0.15) is 64.2 Å². The Labute approximate surface area is 250 Å². The number of aliphatic hydroxyl groups is 1. The van der Waals surface area contributed by atoms with Gasteiger partial charge in [-0.05, 0) is 42.5 Å². The summed E-state index contributed by atoms with van der Waals surface area (Å²) in [5.41, 5.74) is 0.731. The summed E-state index contributed by atoms with van der Waals surface area (Å²) < 4.78 is 44.5. The lowest BCUT2D eigenvalue weighted by molar-refractivity contribution is -0.137. The van der Waals surface area contributed by atoms with Gasteiger partial charge in [0.25, 0.3) is 11.8 Å². The Morgan fingerprint density at radius 3 is 2.28 bits per heavy atom. The van der Waals surface area contributed by atoms with E-state index in [-0.39, 0.29) is 42.6 Å². The number of hydrogen-bond donors (Lipinski definition) is 3. The van der Waals surface area contributed by atoms with E-state index >= 15 is 0 Å². The fourth-order valence-corrected chi connectivity index (χ4v) is 4.64. The van der Waals surface area contributed by atoms with Gasteiger partial charge in [-0.15, -0.1) is 0 Å².